The first-order valence-corrected chi connectivity index (χ1v) is 3.92. The summed E-state index contributed by atoms with van der Waals surface area (Å²) in [5.74, 6) is -1.07. The smallest absolute Gasteiger partial charge is 0.334 e. The molecule has 0 heterocycles. The maximum Gasteiger partial charge on any atom is 0.334 e. The van der Waals surface area contributed by atoms with Crippen molar-refractivity contribution in [3.05, 3.63) is 41.0 Å². The van der Waals surface area contributed by atoms with Gasteiger partial charge in [0.15, 0.2) is 0 Å². The van der Waals surface area contributed by atoms with Crippen LogP contribution in [0, 0.1) is 0 Å². The number of fused-ring (bicyclic) bond motifs is 1. The highest BCUT2D eigenvalue weighted by Crippen LogP contribution is 2.33. The Morgan fingerprint density at radius 3 is 2.62 bits per heavy atom. The summed E-state index contributed by atoms with van der Waals surface area (Å²) in [5.41, 5.74) is 1.49. The van der Waals surface area contributed by atoms with Gasteiger partial charge in [-0.05, 0) is 17.2 Å². The number of carboxylic acid groups (broad SMARTS) is 1. The second-order valence-electron chi connectivity index (χ2n) is 2.94. The quantitative estimate of drug-likeness (QED) is 0.676. The number of carboxylic acids is 1. The van der Waals surface area contributed by atoms with Crippen molar-refractivity contribution >= 4 is 12.0 Å². The molecule has 0 aromatic heterocycles. The highest BCUT2D eigenvalue weighted by molar-refractivity contribution is 5.96. The summed E-state index contributed by atoms with van der Waals surface area (Å²) in [4.78, 5) is 10.7. The molecular formula is C10H8O3. The summed E-state index contributed by atoms with van der Waals surface area (Å²) in [7, 11) is 0. The fourth-order valence-electron chi connectivity index (χ4n) is 1.48. The van der Waals surface area contributed by atoms with Gasteiger partial charge in [0.2, 0.25) is 0 Å². The standard InChI is InChI=1S/C10H8O3/c11-9-7-4-2-1-3-6(7)5-8(9)10(12)13/h1-5,9,11H,(H,12,13). The first-order chi connectivity index (χ1) is 6.20. The highest BCUT2D eigenvalue weighted by atomic mass is 16.4. The minimum atomic E-state index is -1.07. The van der Waals surface area contributed by atoms with Crippen molar-refractivity contribution in [2.24, 2.45) is 0 Å². The van der Waals surface area contributed by atoms with E-state index in [-0.39, 0.29) is 5.57 Å². The Balaban J connectivity index is 2.50. The van der Waals surface area contributed by atoms with E-state index in [0.29, 0.717) is 5.56 Å². The lowest BCUT2D eigenvalue weighted by Crippen LogP contribution is -2.06. The van der Waals surface area contributed by atoms with E-state index in [4.69, 9.17) is 5.11 Å². The van der Waals surface area contributed by atoms with Crippen molar-refractivity contribution in [2.75, 3.05) is 0 Å². The van der Waals surface area contributed by atoms with Crippen molar-refractivity contribution < 1.29 is 15.0 Å². The van der Waals surface area contributed by atoms with E-state index in [9.17, 15) is 9.90 Å². The van der Waals surface area contributed by atoms with Crippen LogP contribution in [-0.4, -0.2) is 16.2 Å². The van der Waals surface area contributed by atoms with E-state index >= 15 is 0 Å². The molecule has 0 spiro atoms. The van der Waals surface area contributed by atoms with Gasteiger partial charge in [-0.3, -0.25) is 0 Å². The van der Waals surface area contributed by atoms with Gasteiger partial charge in [0.25, 0.3) is 0 Å². The molecule has 0 bridgehead atoms. The fraction of sp³-hybridized carbons (Fsp3) is 0.100. The lowest BCUT2D eigenvalue weighted by molar-refractivity contribution is -0.133. The third kappa shape index (κ3) is 1.13. The van der Waals surface area contributed by atoms with Gasteiger partial charge in [0.1, 0.15) is 6.10 Å². The minimum absolute atomic E-state index is 0.0428. The second kappa shape index (κ2) is 2.71. The molecular weight excluding hydrogens is 168 g/mol. The lowest BCUT2D eigenvalue weighted by Gasteiger charge is -2.05. The van der Waals surface area contributed by atoms with E-state index in [1.54, 1.807) is 18.2 Å². The molecule has 0 radical (unpaired) electrons. The predicted molar refractivity (Wildman–Crippen MR) is 47.0 cm³/mol. The lowest BCUT2D eigenvalue weighted by atomic mass is 10.1. The van der Waals surface area contributed by atoms with Gasteiger partial charge in [-0.25, -0.2) is 4.79 Å². The van der Waals surface area contributed by atoms with Crippen LogP contribution in [0.5, 0.6) is 0 Å². The molecule has 3 heteroatoms. The van der Waals surface area contributed by atoms with Gasteiger partial charge >= 0.3 is 5.97 Å². The van der Waals surface area contributed by atoms with Gasteiger partial charge in [0.05, 0.1) is 5.57 Å². The summed E-state index contributed by atoms with van der Waals surface area (Å²) in [6, 6.07) is 7.11. The minimum Gasteiger partial charge on any atom is -0.478 e. The number of aliphatic hydroxyl groups is 1. The Morgan fingerprint density at radius 2 is 2.00 bits per heavy atom. The molecule has 0 saturated heterocycles. The first-order valence-electron chi connectivity index (χ1n) is 3.92. The molecule has 0 amide bonds. The summed E-state index contributed by atoms with van der Waals surface area (Å²) >= 11 is 0. The van der Waals surface area contributed by atoms with Crippen LogP contribution in [0.15, 0.2) is 29.8 Å². The Morgan fingerprint density at radius 1 is 1.31 bits per heavy atom. The summed E-state index contributed by atoms with van der Waals surface area (Å²) in [6.07, 6.45) is 0.524. The van der Waals surface area contributed by atoms with Crippen LogP contribution in [-0.2, 0) is 4.79 Å². The van der Waals surface area contributed by atoms with Crippen LogP contribution < -0.4 is 0 Å². The average Bonchev–Trinajstić information content (AvgIpc) is 2.45. The molecule has 2 N–H and O–H groups in total. The van der Waals surface area contributed by atoms with Crippen LogP contribution in [0.2, 0.25) is 0 Å². The van der Waals surface area contributed by atoms with Gasteiger partial charge in [0, 0.05) is 0 Å². The number of aliphatic carboxylic acids is 1. The fourth-order valence-corrected chi connectivity index (χ4v) is 1.48. The Hall–Kier alpha value is -1.61. The molecule has 1 atom stereocenters. The van der Waals surface area contributed by atoms with E-state index in [1.807, 2.05) is 6.07 Å². The Labute approximate surface area is 74.9 Å². The van der Waals surface area contributed by atoms with Gasteiger partial charge in [-0.1, -0.05) is 24.3 Å². The predicted octanol–water partition coefficient (Wildman–Crippen LogP) is 1.20. The van der Waals surface area contributed by atoms with Crippen molar-refractivity contribution in [1.82, 2.24) is 0 Å². The van der Waals surface area contributed by atoms with E-state index < -0.39 is 12.1 Å². The molecule has 3 nitrogen and oxygen atoms in total. The van der Waals surface area contributed by atoms with E-state index in [0.717, 1.165) is 5.56 Å². The van der Waals surface area contributed by atoms with Crippen LogP contribution in [0.3, 0.4) is 0 Å². The van der Waals surface area contributed by atoms with Crippen molar-refractivity contribution in [3.63, 3.8) is 0 Å². The summed E-state index contributed by atoms with van der Waals surface area (Å²) < 4.78 is 0. The number of benzene rings is 1. The molecule has 1 aliphatic rings. The molecule has 0 saturated carbocycles. The average molecular weight is 176 g/mol. The van der Waals surface area contributed by atoms with Crippen molar-refractivity contribution in [1.29, 1.82) is 0 Å². The SMILES string of the molecule is O=C(O)C1=Cc2ccccc2C1O. The zero-order valence-electron chi connectivity index (χ0n) is 6.77. The zero-order valence-corrected chi connectivity index (χ0v) is 6.77. The molecule has 0 aliphatic heterocycles. The van der Waals surface area contributed by atoms with Crippen LogP contribution in [0.4, 0.5) is 0 Å². The summed E-state index contributed by atoms with van der Waals surface area (Å²) in [5, 5.41) is 18.3. The monoisotopic (exact) mass is 176 g/mol. The largest absolute Gasteiger partial charge is 0.478 e. The van der Waals surface area contributed by atoms with Crippen molar-refractivity contribution in [3.8, 4) is 0 Å². The number of carbonyl (C=O) groups is 1. The zero-order chi connectivity index (χ0) is 9.42. The molecule has 1 unspecified atom stereocenters. The third-order valence-corrected chi connectivity index (χ3v) is 2.14. The van der Waals surface area contributed by atoms with E-state index in [2.05, 4.69) is 0 Å². The molecule has 0 fully saturated rings. The molecule has 1 aromatic carbocycles. The van der Waals surface area contributed by atoms with Crippen LogP contribution >= 0.6 is 0 Å². The van der Waals surface area contributed by atoms with Gasteiger partial charge in [-0.2, -0.15) is 0 Å². The first kappa shape index (κ1) is 8.01. The summed E-state index contributed by atoms with van der Waals surface area (Å²) in [6.45, 7) is 0. The van der Waals surface area contributed by atoms with Crippen LogP contribution in [0.25, 0.3) is 6.08 Å². The Bertz CT molecular complexity index is 393. The van der Waals surface area contributed by atoms with E-state index in [1.165, 1.54) is 6.08 Å². The highest BCUT2D eigenvalue weighted by Gasteiger charge is 2.26. The van der Waals surface area contributed by atoms with Gasteiger partial charge in [-0.15, -0.1) is 0 Å². The maximum absolute atomic E-state index is 10.7. The molecule has 2 rings (SSSR count). The molecule has 1 aliphatic carbocycles. The molecule has 13 heavy (non-hydrogen) atoms. The molecule has 1 aromatic rings. The maximum atomic E-state index is 10.7. The second-order valence-corrected chi connectivity index (χ2v) is 2.94. The normalized spacial score (nSPS) is 19.5. The third-order valence-electron chi connectivity index (χ3n) is 2.14. The van der Waals surface area contributed by atoms with Gasteiger partial charge < -0.3 is 10.2 Å². The number of hydrogen-bond acceptors (Lipinski definition) is 2. The Kier molecular flexibility index (Phi) is 1.67. The number of hydrogen-bond donors (Lipinski definition) is 2. The number of rotatable bonds is 1. The number of aliphatic hydroxyl groups excluding tert-OH is 1. The molecule has 66 valence electrons. The van der Waals surface area contributed by atoms with Crippen LogP contribution in [0.1, 0.15) is 17.2 Å². The van der Waals surface area contributed by atoms with Crippen molar-refractivity contribution in [2.45, 2.75) is 6.10 Å². The topological polar surface area (TPSA) is 57.5 Å².